The van der Waals surface area contributed by atoms with Gasteiger partial charge in [0.25, 0.3) is 8.32 Å². The first-order valence-corrected chi connectivity index (χ1v) is 21.7. The van der Waals surface area contributed by atoms with Gasteiger partial charge in [-0.3, -0.25) is 4.90 Å². The minimum atomic E-state index is -3.05. The van der Waals surface area contributed by atoms with Gasteiger partial charge in [0.05, 0.1) is 45.1 Å². The second-order valence-electron chi connectivity index (χ2n) is 16.5. The Morgan fingerprint density at radius 2 is 1.61 bits per heavy atom. The van der Waals surface area contributed by atoms with Crippen LogP contribution >= 0.6 is 0 Å². The number of phenols is 1. The van der Waals surface area contributed by atoms with Crippen LogP contribution < -0.4 is 34.6 Å². The molecule has 5 atom stereocenters. The van der Waals surface area contributed by atoms with Gasteiger partial charge < -0.3 is 43.3 Å². The monoisotopic (exact) mass is 791 g/mol. The third-order valence-corrected chi connectivity index (χ3v) is 17.4. The second-order valence-corrected chi connectivity index (χ2v) is 20.8. The number of phenolic OH excluding ortho intramolecular Hbond substituents is 1. The van der Waals surface area contributed by atoms with Crippen LogP contribution in [0.4, 0.5) is 0 Å². The molecule has 1 fully saturated rings. The summed E-state index contributed by atoms with van der Waals surface area (Å²) in [4.78, 5) is 2.34. The van der Waals surface area contributed by atoms with E-state index in [-0.39, 0.29) is 49.1 Å². The zero-order valence-electron chi connectivity index (χ0n) is 33.9. The van der Waals surface area contributed by atoms with Gasteiger partial charge in [0.1, 0.15) is 11.8 Å². The number of ether oxygens (including phenoxy) is 6. The van der Waals surface area contributed by atoms with Gasteiger partial charge in [0, 0.05) is 41.4 Å². The highest BCUT2D eigenvalue weighted by atomic mass is 28.4. The molecule has 4 aromatic carbocycles. The molecule has 4 aliphatic rings. The molecule has 0 unspecified atom stereocenters. The fourth-order valence-electron chi connectivity index (χ4n) is 9.98. The molecule has 0 spiro atoms. The minimum absolute atomic E-state index is 0.0161. The fourth-order valence-corrected chi connectivity index (χ4v) is 14.5. The molecule has 12 heteroatoms. The number of fused-ring (bicyclic) bond motifs is 9. The average Bonchev–Trinajstić information content (AvgIpc) is 3.70. The van der Waals surface area contributed by atoms with Crippen LogP contribution in [0.15, 0.2) is 66.7 Å². The van der Waals surface area contributed by atoms with E-state index < -0.39 is 20.4 Å². The van der Waals surface area contributed by atoms with Gasteiger partial charge in [0.15, 0.2) is 29.8 Å². The molecule has 57 heavy (non-hydrogen) atoms. The van der Waals surface area contributed by atoms with Crippen LogP contribution in [0, 0.1) is 25.2 Å². The number of nitriles is 1. The number of nitrogens with one attached hydrogen (secondary N) is 1. The van der Waals surface area contributed by atoms with E-state index >= 15 is 0 Å². The Morgan fingerprint density at radius 3 is 2.25 bits per heavy atom. The number of benzene rings is 4. The predicted octanol–water partition coefficient (Wildman–Crippen LogP) is 5.75. The Labute approximate surface area is 336 Å². The van der Waals surface area contributed by atoms with E-state index in [1.807, 2.05) is 26.0 Å². The highest BCUT2D eigenvalue weighted by Crippen LogP contribution is 2.57. The fraction of sp³-hybridized carbons (Fsp3) is 0.444. The lowest BCUT2D eigenvalue weighted by atomic mass is 9.72. The lowest BCUT2D eigenvalue weighted by Gasteiger charge is -2.57. The second kappa shape index (κ2) is 15.6. The minimum Gasteiger partial charge on any atom is -0.507 e. The molecule has 0 radical (unpaired) electrons. The zero-order chi connectivity index (χ0) is 40.1. The summed E-state index contributed by atoms with van der Waals surface area (Å²) < 4.78 is 43.5. The van der Waals surface area contributed by atoms with Crippen molar-refractivity contribution in [3.63, 3.8) is 0 Å². The van der Waals surface area contributed by atoms with Crippen LogP contribution in [-0.2, 0) is 26.7 Å². The molecule has 0 amide bonds. The Hall–Kier alpha value is -4.61. The van der Waals surface area contributed by atoms with E-state index in [1.165, 1.54) is 0 Å². The summed E-state index contributed by atoms with van der Waals surface area (Å²) in [7, 11) is 0.242. The molecule has 0 aliphatic carbocycles. The van der Waals surface area contributed by atoms with E-state index in [0.717, 1.165) is 38.2 Å². The maximum Gasteiger partial charge on any atom is 0.261 e. The molecule has 8 rings (SSSR count). The van der Waals surface area contributed by atoms with E-state index in [4.69, 9.17) is 32.8 Å². The lowest BCUT2D eigenvalue weighted by Crippen LogP contribution is -2.70. The number of aromatic hydroxyl groups is 1. The Kier molecular flexibility index (Phi) is 10.7. The number of methoxy groups -OCH3 is 2. The summed E-state index contributed by atoms with van der Waals surface area (Å²) >= 11 is 0. The van der Waals surface area contributed by atoms with E-state index in [1.54, 1.807) is 14.2 Å². The maximum atomic E-state index is 12.1. The summed E-state index contributed by atoms with van der Waals surface area (Å²) in [5.74, 6) is 2.60. The van der Waals surface area contributed by atoms with Crippen molar-refractivity contribution < 1.29 is 38.0 Å². The predicted molar refractivity (Wildman–Crippen MR) is 218 cm³/mol. The van der Waals surface area contributed by atoms with Gasteiger partial charge in [-0.1, -0.05) is 87.5 Å². The van der Waals surface area contributed by atoms with Crippen molar-refractivity contribution >= 4 is 18.7 Å². The third-order valence-electron chi connectivity index (χ3n) is 12.4. The van der Waals surface area contributed by atoms with E-state index in [2.05, 4.69) is 91.7 Å². The standard InChI is InChI=1S/C45H53N3O8Si/c1-27-20-29-21-33-35(23-46)48-34(39(47-33)37(29)43(41(27)51-7)53-25-52-19-18-50-6)22-32-38(44-42(54-26-55-44)28(2)40(32)49)36(48)24-56-57(45(3,4)5,30-14-10-8-11-15-30)31-16-12-9-13-17-31/h8-17,20,33-36,39,47,49H,18-19,21-22,24-26H2,1-7H3/t33-,34-,35-,36-,39-/m0/s1. The first-order valence-electron chi connectivity index (χ1n) is 19.8. The highest BCUT2D eigenvalue weighted by molar-refractivity contribution is 6.99. The first kappa shape index (κ1) is 39.2. The van der Waals surface area contributed by atoms with Crippen LogP contribution in [0.1, 0.15) is 66.2 Å². The normalized spacial score (nSPS) is 22.2. The average molecular weight is 792 g/mol. The SMILES string of the molecule is COCCOCOc1c(OC)c(C)cc2c1[C@H]1N[C@@H](C2)[C@H](C#N)N2[C@@H](CO[Si](c3ccccc3)(c3ccccc3)C(C)(C)C)c3c(c(O)c(C)c4c3OCO4)C[C@@H]12. The van der Waals surface area contributed by atoms with Crippen LogP contribution in [0.25, 0.3) is 0 Å². The van der Waals surface area contributed by atoms with Gasteiger partial charge >= 0.3 is 0 Å². The number of piperazine rings is 1. The number of nitrogens with zero attached hydrogens (tertiary/aromatic N) is 2. The van der Waals surface area contributed by atoms with Crippen LogP contribution in [0.3, 0.4) is 0 Å². The van der Waals surface area contributed by atoms with E-state index in [0.29, 0.717) is 54.6 Å². The number of rotatable bonds is 12. The van der Waals surface area contributed by atoms with Crippen molar-refractivity contribution in [2.24, 2.45) is 0 Å². The molecule has 4 heterocycles. The Balaban J connectivity index is 1.30. The molecule has 1 saturated heterocycles. The topological polar surface area (TPSA) is 124 Å². The molecular formula is C45H53N3O8Si. The molecule has 0 saturated carbocycles. The van der Waals surface area contributed by atoms with E-state index in [9.17, 15) is 10.4 Å². The largest absolute Gasteiger partial charge is 0.507 e. The quantitative estimate of drug-likeness (QED) is 0.104. The van der Waals surface area contributed by atoms with Crippen molar-refractivity contribution in [1.82, 2.24) is 10.2 Å². The number of aryl methyl sites for hydroxylation is 1. The summed E-state index contributed by atoms with van der Waals surface area (Å²) in [5, 5.41) is 29.2. The van der Waals surface area contributed by atoms with Gasteiger partial charge in [-0.2, -0.15) is 5.26 Å². The smallest absolute Gasteiger partial charge is 0.261 e. The molecule has 300 valence electrons. The van der Waals surface area contributed by atoms with Gasteiger partial charge in [-0.25, -0.2) is 0 Å². The van der Waals surface area contributed by atoms with Crippen molar-refractivity contribution in [2.45, 2.75) is 82.7 Å². The summed E-state index contributed by atoms with van der Waals surface area (Å²) in [6, 6.07) is 24.3. The molecule has 0 aromatic heterocycles. The zero-order valence-corrected chi connectivity index (χ0v) is 34.9. The highest BCUT2D eigenvalue weighted by Gasteiger charge is 2.56. The molecule has 11 nitrogen and oxygen atoms in total. The molecule has 2 N–H and O–H groups in total. The van der Waals surface area contributed by atoms with Crippen LogP contribution in [0.2, 0.25) is 5.04 Å². The summed E-state index contributed by atoms with van der Waals surface area (Å²) in [6.45, 7) is 11.8. The maximum absolute atomic E-state index is 12.1. The number of hydrogen-bond acceptors (Lipinski definition) is 11. The van der Waals surface area contributed by atoms with Crippen molar-refractivity contribution in [3.8, 4) is 34.8 Å². The van der Waals surface area contributed by atoms with Gasteiger partial charge in [0.2, 0.25) is 6.79 Å². The number of hydrogen-bond donors (Lipinski definition) is 2. The molecule has 4 aliphatic heterocycles. The Morgan fingerprint density at radius 1 is 0.930 bits per heavy atom. The van der Waals surface area contributed by atoms with Gasteiger partial charge in [-0.05, 0) is 53.2 Å². The first-order chi connectivity index (χ1) is 27.5. The summed E-state index contributed by atoms with van der Waals surface area (Å²) in [5.41, 5.74) is 5.26. The molecule has 2 bridgehead atoms. The third kappa shape index (κ3) is 6.45. The Bertz CT molecular complexity index is 2120. The lowest BCUT2D eigenvalue weighted by molar-refractivity contribution is -0.0236. The van der Waals surface area contributed by atoms with Crippen molar-refractivity contribution in [3.05, 3.63) is 100 Å². The van der Waals surface area contributed by atoms with Crippen molar-refractivity contribution in [2.75, 3.05) is 47.6 Å². The summed E-state index contributed by atoms with van der Waals surface area (Å²) in [6.07, 6.45) is 1.04. The van der Waals surface area contributed by atoms with Crippen LogP contribution in [-0.4, -0.2) is 84.1 Å². The van der Waals surface area contributed by atoms with Crippen LogP contribution in [0.5, 0.6) is 28.7 Å². The van der Waals surface area contributed by atoms with Gasteiger partial charge in [-0.15, -0.1) is 0 Å². The van der Waals surface area contributed by atoms with Crippen molar-refractivity contribution in [1.29, 1.82) is 5.26 Å². The molecule has 4 aromatic rings. The molecular weight excluding hydrogens is 739 g/mol.